The Morgan fingerprint density at radius 3 is 2.29 bits per heavy atom. The first-order valence-corrected chi connectivity index (χ1v) is 5.65. The van der Waals surface area contributed by atoms with E-state index in [1.807, 2.05) is 12.1 Å². The van der Waals surface area contributed by atoms with Crippen LogP contribution in [0.25, 0.3) is 0 Å². The number of hydrogen-bond acceptors (Lipinski definition) is 5. The van der Waals surface area contributed by atoms with Crippen LogP contribution >= 0.6 is 0 Å². The van der Waals surface area contributed by atoms with Crippen molar-refractivity contribution in [1.82, 2.24) is 9.97 Å². The highest BCUT2D eigenvalue weighted by Gasteiger charge is 2.11. The van der Waals surface area contributed by atoms with Gasteiger partial charge in [0.1, 0.15) is 18.0 Å². The van der Waals surface area contributed by atoms with Crippen LogP contribution in [0.2, 0.25) is 0 Å². The Hall–Kier alpha value is -2.14. The number of aromatic nitrogens is 2. The van der Waals surface area contributed by atoms with Crippen LogP contribution in [0.3, 0.4) is 0 Å². The third-order valence-corrected chi connectivity index (χ3v) is 2.43. The van der Waals surface area contributed by atoms with Gasteiger partial charge in [0.05, 0.1) is 5.69 Å². The molecule has 0 amide bonds. The molecule has 1 heterocycles. The van der Waals surface area contributed by atoms with Crippen LogP contribution < -0.4 is 5.32 Å². The number of aryl methyl sites for hydroxylation is 1. The lowest BCUT2D eigenvalue weighted by Gasteiger charge is -2.07. The van der Waals surface area contributed by atoms with Gasteiger partial charge < -0.3 is 5.32 Å². The summed E-state index contributed by atoms with van der Waals surface area (Å²) in [5, 5.41) is 20.6. The second kappa shape index (κ2) is 6.44. The van der Waals surface area contributed by atoms with Crippen molar-refractivity contribution in [3.63, 3.8) is 0 Å². The Labute approximate surface area is 101 Å². The number of nitriles is 2. The highest BCUT2D eigenvalue weighted by atomic mass is 15.0. The van der Waals surface area contributed by atoms with E-state index in [9.17, 15) is 0 Å². The van der Waals surface area contributed by atoms with Crippen LogP contribution in [0.4, 0.5) is 5.82 Å². The zero-order chi connectivity index (χ0) is 12.7. The number of unbranched alkanes of at least 4 members (excludes halogenated alkanes) is 2. The van der Waals surface area contributed by atoms with Gasteiger partial charge in [0.25, 0.3) is 0 Å². The van der Waals surface area contributed by atoms with E-state index in [0.29, 0.717) is 5.82 Å². The number of hydrogen-bond donors (Lipinski definition) is 1. The molecule has 0 saturated heterocycles. The topological polar surface area (TPSA) is 85.4 Å². The lowest BCUT2D eigenvalue weighted by Crippen LogP contribution is -2.06. The maximum absolute atomic E-state index is 8.89. The Morgan fingerprint density at radius 2 is 1.76 bits per heavy atom. The van der Waals surface area contributed by atoms with E-state index in [1.165, 1.54) is 0 Å². The molecule has 0 aliphatic rings. The SMILES string of the molecule is CCCCCc1nc(C#N)c(C#N)nc1NC. The number of anilines is 1. The fraction of sp³-hybridized carbons (Fsp3) is 0.500. The summed E-state index contributed by atoms with van der Waals surface area (Å²) in [7, 11) is 1.74. The van der Waals surface area contributed by atoms with Crippen molar-refractivity contribution in [3.8, 4) is 12.1 Å². The molecule has 5 nitrogen and oxygen atoms in total. The summed E-state index contributed by atoms with van der Waals surface area (Å²) in [6, 6.07) is 3.78. The highest BCUT2D eigenvalue weighted by molar-refractivity contribution is 5.47. The molecule has 0 aromatic carbocycles. The van der Waals surface area contributed by atoms with Crippen molar-refractivity contribution in [2.45, 2.75) is 32.6 Å². The average Bonchev–Trinajstić information content (AvgIpc) is 2.38. The van der Waals surface area contributed by atoms with Crippen LogP contribution in [0.1, 0.15) is 43.3 Å². The monoisotopic (exact) mass is 229 g/mol. The minimum Gasteiger partial charge on any atom is -0.372 e. The van der Waals surface area contributed by atoms with E-state index in [0.717, 1.165) is 31.4 Å². The van der Waals surface area contributed by atoms with Gasteiger partial charge in [-0.15, -0.1) is 0 Å². The number of nitrogens with zero attached hydrogens (tertiary/aromatic N) is 4. The molecule has 0 saturated carbocycles. The summed E-state index contributed by atoms with van der Waals surface area (Å²) in [6.07, 6.45) is 4.03. The van der Waals surface area contributed by atoms with Gasteiger partial charge in [0.15, 0.2) is 11.4 Å². The Kier molecular flexibility index (Phi) is 4.90. The molecule has 1 aromatic heterocycles. The van der Waals surface area contributed by atoms with Crippen molar-refractivity contribution in [2.24, 2.45) is 0 Å². The molecular weight excluding hydrogens is 214 g/mol. The van der Waals surface area contributed by atoms with E-state index < -0.39 is 0 Å². The van der Waals surface area contributed by atoms with Crippen molar-refractivity contribution in [2.75, 3.05) is 12.4 Å². The van der Waals surface area contributed by atoms with Crippen molar-refractivity contribution in [3.05, 3.63) is 17.1 Å². The molecule has 0 bridgehead atoms. The first-order valence-electron chi connectivity index (χ1n) is 5.65. The maximum atomic E-state index is 8.89. The van der Waals surface area contributed by atoms with Crippen LogP contribution in [0.15, 0.2) is 0 Å². The first-order chi connectivity index (χ1) is 8.26. The lowest BCUT2D eigenvalue weighted by molar-refractivity contribution is 0.705. The van der Waals surface area contributed by atoms with Gasteiger partial charge in [0, 0.05) is 7.05 Å². The first kappa shape index (κ1) is 12.9. The minimum atomic E-state index is 0.0797. The van der Waals surface area contributed by atoms with E-state index in [2.05, 4.69) is 22.2 Å². The normalized spacial score (nSPS) is 9.41. The molecule has 1 N–H and O–H groups in total. The Bertz CT molecular complexity index is 467. The third kappa shape index (κ3) is 3.15. The van der Waals surface area contributed by atoms with Crippen LogP contribution in [0.5, 0.6) is 0 Å². The largest absolute Gasteiger partial charge is 0.372 e. The summed E-state index contributed by atoms with van der Waals surface area (Å²) in [6.45, 7) is 2.13. The Balaban J connectivity index is 3.04. The summed E-state index contributed by atoms with van der Waals surface area (Å²) < 4.78 is 0. The van der Waals surface area contributed by atoms with Crippen LogP contribution in [-0.4, -0.2) is 17.0 Å². The number of nitrogens with one attached hydrogen (secondary N) is 1. The number of rotatable bonds is 5. The molecule has 0 unspecified atom stereocenters. The van der Waals surface area contributed by atoms with Gasteiger partial charge in [-0.25, -0.2) is 9.97 Å². The van der Waals surface area contributed by atoms with Gasteiger partial charge in [-0.2, -0.15) is 10.5 Å². The molecule has 5 heteroatoms. The Morgan fingerprint density at radius 1 is 1.12 bits per heavy atom. The molecule has 1 aromatic rings. The molecule has 0 aliphatic heterocycles. The fourth-order valence-corrected chi connectivity index (χ4v) is 1.54. The fourth-order valence-electron chi connectivity index (χ4n) is 1.54. The predicted octanol–water partition coefficient (Wildman–Crippen LogP) is 1.99. The molecule has 0 spiro atoms. The van der Waals surface area contributed by atoms with Gasteiger partial charge in [-0.3, -0.25) is 0 Å². The van der Waals surface area contributed by atoms with E-state index in [4.69, 9.17) is 10.5 Å². The van der Waals surface area contributed by atoms with Crippen molar-refractivity contribution in [1.29, 1.82) is 10.5 Å². The van der Waals surface area contributed by atoms with Crippen molar-refractivity contribution >= 4 is 5.82 Å². The standard InChI is InChI=1S/C12H15N5/c1-3-4-5-6-9-12(15-2)17-11(8-14)10(7-13)16-9/h3-6H2,1-2H3,(H,15,17). The average molecular weight is 229 g/mol. The molecule has 0 aliphatic carbocycles. The minimum absolute atomic E-state index is 0.0797. The molecule has 0 fully saturated rings. The quantitative estimate of drug-likeness (QED) is 0.780. The van der Waals surface area contributed by atoms with Crippen LogP contribution in [-0.2, 0) is 6.42 Å². The second-order valence-corrected chi connectivity index (χ2v) is 3.65. The van der Waals surface area contributed by atoms with Gasteiger partial charge in [-0.05, 0) is 12.8 Å². The summed E-state index contributed by atoms with van der Waals surface area (Å²) >= 11 is 0. The smallest absolute Gasteiger partial charge is 0.179 e. The molecule has 17 heavy (non-hydrogen) atoms. The lowest BCUT2D eigenvalue weighted by atomic mass is 10.1. The molecular formula is C12H15N5. The highest BCUT2D eigenvalue weighted by Crippen LogP contribution is 2.15. The van der Waals surface area contributed by atoms with Crippen molar-refractivity contribution < 1.29 is 0 Å². The third-order valence-electron chi connectivity index (χ3n) is 2.43. The van der Waals surface area contributed by atoms with E-state index >= 15 is 0 Å². The maximum Gasteiger partial charge on any atom is 0.179 e. The second-order valence-electron chi connectivity index (χ2n) is 3.65. The van der Waals surface area contributed by atoms with E-state index in [-0.39, 0.29) is 11.4 Å². The van der Waals surface area contributed by atoms with Gasteiger partial charge >= 0.3 is 0 Å². The molecule has 0 atom stereocenters. The van der Waals surface area contributed by atoms with Gasteiger partial charge in [-0.1, -0.05) is 19.8 Å². The summed E-state index contributed by atoms with van der Waals surface area (Å²) in [5.41, 5.74) is 0.950. The summed E-state index contributed by atoms with van der Waals surface area (Å²) in [5.74, 6) is 0.594. The molecule has 0 radical (unpaired) electrons. The summed E-state index contributed by atoms with van der Waals surface area (Å²) in [4.78, 5) is 8.30. The predicted molar refractivity (Wildman–Crippen MR) is 64.2 cm³/mol. The zero-order valence-corrected chi connectivity index (χ0v) is 10.1. The zero-order valence-electron chi connectivity index (χ0n) is 10.1. The van der Waals surface area contributed by atoms with E-state index in [1.54, 1.807) is 7.05 Å². The van der Waals surface area contributed by atoms with Gasteiger partial charge in [0.2, 0.25) is 0 Å². The molecule has 1 rings (SSSR count). The van der Waals surface area contributed by atoms with Crippen LogP contribution in [0, 0.1) is 22.7 Å². The molecule has 88 valence electrons.